The van der Waals surface area contributed by atoms with Crippen molar-refractivity contribution >= 4 is 22.4 Å². The van der Waals surface area contributed by atoms with Crippen LogP contribution in [0.15, 0.2) is 73.1 Å². The SMILES string of the molecule is CCCc1ccc(Nc2ncnc3cc(OC)c(OCc4ccccc4)cc23)cc1. The predicted octanol–water partition coefficient (Wildman–Crippen LogP) is 5.91. The van der Waals surface area contributed by atoms with Gasteiger partial charge in [0.15, 0.2) is 11.5 Å². The molecule has 5 heteroatoms. The van der Waals surface area contributed by atoms with Gasteiger partial charge in [-0.2, -0.15) is 0 Å². The predicted molar refractivity (Wildman–Crippen MR) is 121 cm³/mol. The highest BCUT2D eigenvalue weighted by Crippen LogP contribution is 2.35. The summed E-state index contributed by atoms with van der Waals surface area (Å²) in [6.07, 6.45) is 3.77. The number of rotatable bonds is 8. The van der Waals surface area contributed by atoms with Crippen LogP contribution in [0, 0.1) is 0 Å². The van der Waals surface area contributed by atoms with Crippen LogP contribution < -0.4 is 14.8 Å². The van der Waals surface area contributed by atoms with Gasteiger partial charge in [0.2, 0.25) is 0 Å². The fourth-order valence-electron chi connectivity index (χ4n) is 3.35. The van der Waals surface area contributed by atoms with Crippen LogP contribution in [-0.2, 0) is 13.0 Å². The van der Waals surface area contributed by atoms with E-state index in [2.05, 4.69) is 46.5 Å². The van der Waals surface area contributed by atoms with E-state index in [-0.39, 0.29) is 0 Å². The van der Waals surface area contributed by atoms with Gasteiger partial charge in [-0.1, -0.05) is 55.8 Å². The maximum Gasteiger partial charge on any atom is 0.162 e. The monoisotopic (exact) mass is 399 g/mol. The van der Waals surface area contributed by atoms with Crippen molar-refractivity contribution in [3.8, 4) is 11.5 Å². The molecule has 0 aliphatic rings. The van der Waals surface area contributed by atoms with Crippen LogP contribution in [0.5, 0.6) is 11.5 Å². The number of nitrogens with zero attached hydrogens (tertiary/aromatic N) is 2. The minimum absolute atomic E-state index is 0.456. The number of hydrogen-bond donors (Lipinski definition) is 1. The molecule has 0 saturated carbocycles. The number of benzene rings is 3. The van der Waals surface area contributed by atoms with Crippen molar-refractivity contribution in [3.63, 3.8) is 0 Å². The number of ether oxygens (including phenoxy) is 2. The van der Waals surface area contributed by atoms with Crippen molar-refractivity contribution in [2.75, 3.05) is 12.4 Å². The van der Waals surface area contributed by atoms with Gasteiger partial charge in [-0.15, -0.1) is 0 Å². The standard InChI is InChI=1S/C25H25N3O2/c1-3-7-18-10-12-20(13-11-18)28-25-21-14-24(30-16-19-8-5-4-6-9-19)23(29-2)15-22(21)26-17-27-25/h4-6,8-15,17H,3,7,16H2,1-2H3,(H,26,27,28). The fraction of sp³-hybridized carbons (Fsp3) is 0.200. The lowest BCUT2D eigenvalue weighted by Crippen LogP contribution is -2.00. The van der Waals surface area contributed by atoms with Gasteiger partial charge in [0.25, 0.3) is 0 Å². The summed E-state index contributed by atoms with van der Waals surface area (Å²) < 4.78 is 11.6. The Kier molecular flexibility index (Phi) is 6.09. The summed E-state index contributed by atoms with van der Waals surface area (Å²) in [5.41, 5.74) is 4.20. The summed E-state index contributed by atoms with van der Waals surface area (Å²) in [7, 11) is 1.63. The molecular formula is C25H25N3O2. The van der Waals surface area contributed by atoms with Gasteiger partial charge < -0.3 is 14.8 Å². The zero-order valence-electron chi connectivity index (χ0n) is 17.3. The smallest absolute Gasteiger partial charge is 0.162 e. The van der Waals surface area contributed by atoms with E-state index in [0.29, 0.717) is 18.1 Å². The Labute approximate surface area is 176 Å². The Balaban J connectivity index is 1.63. The van der Waals surface area contributed by atoms with Gasteiger partial charge in [0.05, 0.1) is 12.6 Å². The topological polar surface area (TPSA) is 56.3 Å². The van der Waals surface area contributed by atoms with Crippen LogP contribution in [0.2, 0.25) is 0 Å². The van der Waals surface area contributed by atoms with Gasteiger partial charge in [-0.05, 0) is 35.7 Å². The highest BCUT2D eigenvalue weighted by atomic mass is 16.5. The van der Waals surface area contributed by atoms with Gasteiger partial charge in [0.1, 0.15) is 18.8 Å². The maximum atomic E-state index is 6.06. The lowest BCUT2D eigenvalue weighted by atomic mass is 10.1. The van der Waals surface area contributed by atoms with Gasteiger partial charge in [-0.3, -0.25) is 0 Å². The molecular weight excluding hydrogens is 374 g/mol. The number of nitrogens with one attached hydrogen (secondary N) is 1. The van der Waals surface area contributed by atoms with Crippen molar-refractivity contribution in [3.05, 3.63) is 84.2 Å². The first kappa shape index (κ1) is 19.7. The second-order valence-corrected chi connectivity index (χ2v) is 7.09. The lowest BCUT2D eigenvalue weighted by Gasteiger charge is -2.14. The molecule has 0 radical (unpaired) electrons. The molecule has 1 aromatic heterocycles. The van der Waals surface area contributed by atoms with Crippen LogP contribution in [0.3, 0.4) is 0 Å². The zero-order valence-corrected chi connectivity index (χ0v) is 17.3. The van der Waals surface area contributed by atoms with Crippen molar-refractivity contribution < 1.29 is 9.47 Å². The fourth-order valence-corrected chi connectivity index (χ4v) is 3.35. The third-order valence-electron chi connectivity index (χ3n) is 4.91. The first-order chi connectivity index (χ1) is 14.8. The summed E-state index contributed by atoms with van der Waals surface area (Å²) in [5.74, 6) is 2.03. The van der Waals surface area contributed by atoms with Crippen LogP contribution in [0.1, 0.15) is 24.5 Å². The van der Waals surface area contributed by atoms with Crippen molar-refractivity contribution in [2.45, 2.75) is 26.4 Å². The quantitative estimate of drug-likeness (QED) is 0.399. The highest BCUT2D eigenvalue weighted by Gasteiger charge is 2.12. The average molecular weight is 399 g/mol. The van der Waals surface area contributed by atoms with Crippen LogP contribution >= 0.6 is 0 Å². The van der Waals surface area contributed by atoms with E-state index in [1.54, 1.807) is 13.4 Å². The van der Waals surface area contributed by atoms with Crippen molar-refractivity contribution in [2.24, 2.45) is 0 Å². The van der Waals surface area contributed by atoms with E-state index >= 15 is 0 Å². The molecule has 152 valence electrons. The minimum Gasteiger partial charge on any atom is -0.493 e. The number of anilines is 2. The second kappa shape index (κ2) is 9.27. The first-order valence-corrected chi connectivity index (χ1v) is 10.1. The van der Waals surface area contributed by atoms with Gasteiger partial charge >= 0.3 is 0 Å². The summed E-state index contributed by atoms with van der Waals surface area (Å²) in [5, 5.41) is 4.28. The molecule has 4 aromatic rings. The molecule has 0 fully saturated rings. The second-order valence-electron chi connectivity index (χ2n) is 7.09. The van der Waals surface area contributed by atoms with Crippen molar-refractivity contribution in [1.29, 1.82) is 0 Å². The molecule has 3 aromatic carbocycles. The Morgan fingerprint density at radius 3 is 2.40 bits per heavy atom. The molecule has 0 amide bonds. The van der Waals surface area contributed by atoms with Crippen LogP contribution in [0.25, 0.3) is 10.9 Å². The zero-order chi connectivity index (χ0) is 20.8. The molecule has 0 unspecified atom stereocenters. The molecule has 0 spiro atoms. The van der Waals surface area contributed by atoms with Gasteiger partial charge in [-0.25, -0.2) is 9.97 Å². The van der Waals surface area contributed by atoms with Crippen LogP contribution in [-0.4, -0.2) is 17.1 Å². The lowest BCUT2D eigenvalue weighted by molar-refractivity contribution is 0.285. The number of aromatic nitrogens is 2. The number of aryl methyl sites for hydroxylation is 1. The van der Waals surface area contributed by atoms with Crippen LogP contribution in [0.4, 0.5) is 11.5 Å². The molecule has 30 heavy (non-hydrogen) atoms. The molecule has 5 nitrogen and oxygen atoms in total. The summed E-state index contributed by atoms with van der Waals surface area (Å²) in [6, 6.07) is 22.3. The number of fused-ring (bicyclic) bond motifs is 1. The largest absolute Gasteiger partial charge is 0.493 e. The van der Waals surface area contributed by atoms with E-state index in [1.807, 2.05) is 42.5 Å². The average Bonchev–Trinajstić information content (AvgIpc) is 2.79. The molecule has 1 heterocycles. The molecule has 0 atom stereocenters. The molecule has 1 N–H and O–H groups in total. The third-order valence-corrected chi connectivity index (χ3v) is 4.91. The normalized spacial score (nSPS) is 10.7. The van der Waals surface area contributed by atoms with Crippen molar-refractivity contribution in [1.82, 2.24) is 9.97 Å². The number of methoxy groups -OCH3 is 1. The molecule has 0 bridgehead atoms. The molecule has 0 aliphatic heterocycles. The third kappa shape index (κ3) is 4.51. The first-order valence-electron chi connectivity index (χ1n) is 10.1. The van der Waals surface area contributed by atoms with E-state index in [0.717, 1.165) is 40.8 Å². The minimum atomic E-state index is 0.456. The Morgan fingerprint density at radius 1 is 0.867 bits per heavy atom. The highest BCUT2D eigenvalue weighted by molar-refractivity contribution is 5.93. The Morgan fingerprint density at radius 2 is 1.67 bits per heavy atom. The Bertz CT molecular complexity index is 1110. The summed E-state index contributed by atoms with van der Waals surface area (Å²) >= 11 is 0. The maximum absolute atomic E-state index is 6.06. The molecule has 4 rings (SSSR count). The van der Waals surface area contributed by atoms with E-state index in [1.165, 1.54) is 5.56 Å². The number of hydrogen-bond acceptors (Lipinski definition) is 5. The van der Waals surface area contributed by atoms with E-state index in [9.17, 15) is 0 Å². The molecule has 0 aliphatic carbocycles. The summed E-state index contributed by atoms with van der Waals surface area (Å²) in [4.78, 5) is 8.86. The molecule has 0 saturated heterocycles. The van der Waals surface area contributed by atoms with Gasteiger partial charge in [0, 0.05) is 17.1 Å². The Hall–Kier alpha value is -3.60. The summed E-state index contributed by atoms with van der Waals surface area (Å²) in [6.45, 7) is 2.64. The van der Waals surface area contributed by atoms with E-state index < -0.39 is 0 Å². The van der Waals surface area contributed by atoms with E-state index in [4.69, 9.17) is 9.47 Å².